The normalized spacial score (nSPS) is 17.4. The molecule has 1 aromatic heterocycles. The predicted molar refractivity (Wildman–Crippen MR) is 106 cm³/mol. The summed E-state index contributed by atoms with van der Waals surface area (Å²) >= 11 is 1.45. The number of carbonyl (C=O) groups excluding carboxylic acids is 1. The molecule has 0 spiro atoms. The maximum Gasteiger partial charge on any atom is 0.317 e. The van der Waals surface area contributed by atoms with Crippen LogP contribution in [0, 0.1) is 0 Å². The first-order valence-corrected chi connectivity index (χ1v) is 10.1. The molecule has 6 nitrogen and oxygen atoms in total. The highest BCUT2D eigenvalue weighted by Crippen LogP contribution is 2.22. The highest BCUT2D eigenvalue weighted by molar-refractivity contribution is 7.09. The second kappa shape index (κ2) is 8.98. The Hall–Kier alpha value is -2.15. The van der Waals surface area contributed by atoms with Crippen LogP contribution in [0.2, 0.25) is 0 Å². The average molecular weight is 374 g/mol. The minimum absolute atomic E-state index is 0.0487. The number of benzene rings is 1. The molecule has 2 amide bonds. The number of amides is 2. The maximum atomic E-state index is 12.3. The van der Waals surface area contributed by atoms with Crippen LogP contribution in [0.1, 0.15) is 38.1 Å². The lowest BCUT2D eigenvalue weighted by atomic mass is 10.1. The summed E-state index contributed by atoms with van der Waals surface area (Å²) in [4.78, 5) is 21.2. The molecule has 1 saturated heterocycles. The van der Waals surface area contributed by atoms with Crippen molar-refractivity contribution in [3.8, 4) is 0 Å². The van der Waals surface area contributed by atoms with Crippen LogP contribution < -0.4 is 10.2 Å². The number of piperazine rings is 1. The van der Waals surface area contributed by atoms with Crippen molar-refractivity contribution in [3.05, 3.63) is 41.7 Å². The number of rotatable bonds is 6. The molecule has 1 aliphatic rings. The molecule has 0 saturated carbocycles. The Morgan fingerprint density at radius 3 is 2.85 bits per heavy atom. The number of carbonyl (C=O) groups is 1. The van der Waals surface area contributed by atoms with E-state index in [-0.39, 0.29) is 12.1 Å². The summed E-state index contributed by atoms with van der Waals surface area (Å²) in [6.45, 7) is 7.28. The summed E-state index contributed by atoms with van der Waals surface area (Å²) in [5.74, 6) is 0.864. The molecular formula is C19H27N5OS. The largest absolute Gasteiger partial charge is 0.343 e. The Labute approximate surface area is 159 Å². The molecule has 0 bridgehead atoms. The van der Waals surface area contributed by atoms with Crippen molar-refractivity contribution in [3.63, 3.8) is 0 Å². The quantitative estimate of drug-likeness (QED) is 0.790. The van der Waals surface area contributed by atoms with Gasteiger partial charge < -0.3 is 15.1 Å². The van der Waals surface area contributed by atoms with Crippen molar-refractivity contribution < 1.29 is 4.79 Å². The van der Waals surface area contributed by atoms with Gasteiger partial charge >= 0.3 is 6.03 Å². The summed E-state index contributed by atoms with van der Waals surface area (Å²) in [7, 11) is 0. The Morgan fingerprint density at radius 1 is 1.31 bits per heavy atom. The van der Waals surface area contributed by atoms with Crippen molar-refractivity contribution in [1.29, 1.82) is 0 Å². The highest BCUT2D eigenvalue weighted by Gasteiger charge is 2.28. The van der Waals surface area contributed by atoms with E-state index in [1.165, 1.54) is 17.1 Å². The van der Waals surface area contributed by atoms with E-state index in [1.54, 1.807) is 0 Å². The lowest BCUT2D eigenvalue weighted by Crippen LogP contribution is -2.56. The molecule has 0 unspecified atom stereocenters. The van der Waals surface area contributed by atoms with Crippen LogP contribution in [0.15, 0.2) is 30.3 Å². The molecule has 7 heteroatoms. The molecule has 2 aromatic rings. The number of hydrogen-bond acceptors (Lipinski definition) is 5. The molecule has 1 aliphatic heterocycles. The molecule has 1 N–H and O–H groups in total. The minimum Gasteiger partial charge on any atom is -0.343 e. The lowest BCUT2D eigenvalue weighted by molar-refractivity contribution is 0.171. The van der Waals surface area contributed by atoms with E-state index in [9.17, 15) is 4.79 Å². The van der Waals surface area contributed by atoms with E-state index < -0.39 is 0 Å². The zero-order valence-electron chi connectivity index (χ0n) is 15.5. The van der Waals surface area contributed by atoms with Crippen molar-refractivity contribution in [2.45, 2.75) is 39.2 Å². The van der Waals surface area contributed by atoms with E-state index >= 15 is 0 Å². The Kier molecular flexibility index (Phi) is 6.44. The monoisotopic (exact) mass is 373 g/mol. The number of hydrogen-bond donors (Lipinski definition) is 1. The number of nitrogens with one attached hydrogen (secondary N) is 1. The molecule has 1 fully saturated rings. The van der Waals surface area contributed by atoms with Crippen molar-refractivity contribution in [1.82, 2.24) is 19.6 Å². The van der Waals surface area contributed by atoms with Gasteiger partial charge in [0.2, 0.25) is 5.13 Å². The number of unbranched alkanes of at least 4 members (excludes halogenated alkanes) is 1. The van der Waals surface area contributed by atoms with Gasteiger partial charge in [0.25, 0.3) is 0 Å². The zero-order valence-corrected chi connectivity index (χ0v) is 16.3. The molecule has 140 valence electrons. The van der Waals surface area contributed by atoms with Gasteiger partial charge in [0.15, 0.2) is 0 Å². The number of anilines is 1. The van der Waals surface area contributed by atoms with Crippen molar-refractivity contribution in [2.24, 2.45) is 0 Å². The zero-order chi connectivity index (χ0) is 18.4. The average Bonchev–Trinajstić information content (AvgIpc) is 3.11. The Balaban J connectivity index is 1.55. The summed E-state index contributed by atoms with van der Waals surface area (Å²) in [6, 6.07) is 10.5. The summed E-state index contributed by atoms with van der Waals surface area (Å²) in [6.07, 6.45) is 2.87. The third kappa shape index (κ3) is 4.72. The van der Waals surface area contributed by atoms with Gasteiger partial charge in [-0.25, -0.2) is 9.78 Å². The van der Waals surface area contributed by atoms with Crippen LogP contribution >= 0.6 is 11.5 Å². The number of urea groups is 1. The maximum absolute atomic E-state index is 12.3. The van der Waals surface area contributed by atoms with Gasteiger partial charge in [0.1, 0.15) is 5.82 Å². The number of nitrogens with zero attached hydrogens (tertiary/aromatic N) is 4. The molecular weight excluding hydrogens is 346 g/mol. The van der Waals surface area contributed by atoms with E-state index in [4.69, 9.17) is 4.98 Å². The number of aromatic nitrogens is 2. The van der Waals surface area contributed by atoms with Gasteiger partial charge in [-0.3, -0.25) is 0 Å². The van der Waals surface area contributed by atoms with Crippen LogP contribution in [0.25, 0.3) is 0 Å². The van der Waals surface area contributed by atoms with Gasteiger partial charge in [-0.2, -0.15) is 4.37 Å². The summed E-state index contributed by atoms with van der Waals surface area (Å²) in [5.41, 5.74) is 1.22. The molecule has 0 radical (unpaired) electrons. The third-order valence-corrected chi connectivity index (χ3v) is 5.44. The van der Waals surface area contributed by atoms with Gasteiger partial charge in [0, 0.05) is 50.2 Å². The standard InChI is InChI=1S/C19H27N5OS/c1-3-4-10-20-18(25)24-12-11-23(14-15(24)2)19-21-17(22-26-19)13-16-8-6-5-7-9-16/h5-9,15H,3-4,10-14H2,1-2H3,(H,20,25)/t15-/m1/s1. The van der Waals surface area contributed by atoms with E-state index in [0.717, 1.165) is 49.9 Å². The molecule has 0 aliphatic carbocycles. The van der Waals surface area contributed by atoms with Gasteiger partial charge in [-0.1, -0.05) is 43.7 Å². The fraction of sp³-hybridized carbons (Fsp3) is 0.526. The molecule has 1 atom stereocenters. The second-order valence-electron chi connectivity index (χ2n) is 6.73. The van der Waals surface area contributed by atoms with Crippen LogP contribution in [0.3, 0.4) is 0 Å². The van der Waals surface area contributed by atoms with Crippen LogP contribution in [0.5, 0.6) is 0 Å². The fourth-order valence-electron chi connectivity index (χ4n) is 3.13. The topological polar surface area (TPSA) is 61.4 Å². The van der Waals surface area contributed by atoms with Gasteiger partial charge in [0.05, 0.1) is 0 Å². The van der Waals surface area contributed by atoms with Crippen LogP contribution in [-0.4, -0.2) is 52.5 Å². The first-order chi connectivity index (χ1) is 12.7. The molecule has 3 rings (SSSR count). The fourth-order valence-corrected chi connectivity index (χ4v) is 3.85. The van der Waals surface area contributed by atoms with Gasteiger partial charge in [-0.15, -0.1) is 0 Å². The first-order valence-electron chi connectivity index (χ1n) is 9.33. The van der Waals surface area contributed by atoms with Crippen LogP contribution in [-0.2, 0) is 6.42 Å². The third-order valence-electron chi connectivity index (χ3n) is 4.63. The Bertz CT molecular complexity index is 705. The molecule has 26 heavy (non-hydrogen) atoms. The first kappa shape index (κ1) is 18.6. The second-order valence-corrected chi connectivity index (χ2v) is 7.46. The predicted octanol–water partition coefficient (Wildman–Crippen LogP) is 3.15. The smallest absolute Gasteiger partial charge is 0.317 e. The van der Waals surface area contributed by atoms with Crippen LogP contribution in [0.4, 0.5) is 9.93 Å². The van der Waals surface area contributed by atoms with Crippen molar-refractivity contribution >= 4 is 22.7 Å². The SMILES string of the molecule is CCCCNC(=O)N1CCN(c2nc(Cc3ccccc3)ns2)C[C@H]1C. The van der Waals surface area contributed by atoms with E-state index in [0.29, 0.717) is 6.54 Å². The summed E-state index contributed by atoms with van der Waals surface area (Å²) in [5, 5.41) is 3.97. The molecule has 2 heterocycles. The van der Waals surface area contributed by atoms with E-state index in [1.807, 2.05) is 23.1 Å². The lowest BCUT2D eigenvalue weighted by Gasteiger charge is -2.39. The van der Waals surface area contributed by atoms with Crippen molar-refractivity contribution in [2.75, 3.05) is 31.1 Å². The summed E-state index contributed by atoms with van der Waals surface area (Å²) < 4.78 is 4.51. The Morgan fingerprint density at radius 2 is 2.12 bits per heavy atom. The van der Waals surface area contributed by atoms with Gasteiger partial charge in [-0.05, 0) is 18.9 Å². The molecule has 1 aromatic carbocycles. The van der Waals surface area contributed by atoms with E-state index in [2.05, 4.69) is 40.6 Å². The highest BCUT2D eigenvalue weighted by atomic mass is 32.1. The minimum atomic E-state index is 0.0487.